The number of ketones is 1. The Balaban J connectivity index is 2.30. The summed E-state index contributed by atoms with van der Waals surface area (Å²) >= 11 is 4.82. The zero-order valence-corrected chi connectivity index (χ0v) is 13.6. The molecule has 0 radical (unpaired) electrons. The van der Waals surface area contributed by atoms with Gasteiger partial charge in [0, 0.05) is 9.25 Å². The van der Waals surface area contributed by atoms with E-state index in [1.165, 1.54) is 11.3 Å². The summed E-state index contributed by atoms with van der Waals surface area (Å²) in [6.07, 6.45) is 0. The number of Topliss-reactive ketones (excluding diaryl/α,β-unsaturated/α-hetero) is 1. The van der Waals surface area contributed by atoms with Crippen LogP contribution in [0.2, 0.25) is 0 Å². The van der Waals surface area contributed by atoms with Gasteiger partial charge in [-0.15, -0.1) is 11.3 Å². The van der Waals surface area contributed by atoms with Crippen LogP contribution in [-0.2, 0) is 9.31 Å². The van der Waals surface area contributed by atoms with Crippen LogP contribution >= 0.6 is 27.3 Å². The molecule has 18 heavy (non-hydrogen) atoms. The Bertz CT molecular complexity index is 480. The Labute approximate surface area is 120 Å². The van der Waals surface area contributed by atoms with Crippen LogP contribution in [0, 0.1) is 0 Å². The van der Waals surface area contributed by atoms with Crippen LogP contribution in [-0.4, -0.2) is 24.1 Å². The van der Waals surface area contributed by atoms with Gasteiger partial charge in [0.2, 0.25) is 0 Å². The summed E-state index contributed by atoms with van der Waals surface area (Å²) < 4.78 is 13.6. The highest BCUT2D eigenvalue weighted by Crippen LogP contribution is 2.37. The van der Waals surface area contributed by atoms with Crippen molar-refractivity contribution in [2.24, 2.45) is 0 Å². The molecule has 98 valence electrons. The van der Waals surface area contributed by atoms with Gasteiger partial charge >= 0.3 is 7.12 Å². The van der Waals surface area contributed by atoms with Gasteiger partial charge in [-0.3, -0.25) is 4.79 Å². The molecule has 2 heterocycles. The molecule has 1 aromatic heterocycles. The largest absolute Gasteiger partial charge is 0.505 e. The lowest BCUT2D eigenvalue weighted by Crippen LogP contribution is -2.41. The zero-order chi connectivity index (χ0) is 13.7. The van der Waals surface area contributed by atoms with Gasteiger partial charge in [-0.05, 0) is 56.6 Å². The van der Waals surface area contributed by atoms with Crippen LogP contribution in [0.3, 0.4) is 0 Å². The number of hydrogen-bond acceptors (Lipinski definition) is 4. The third-order valence-electron chi connectivity index (χ3n) is 3.51. The molecule has 0 aliphatic carbocycles. The van der Waals surface area contributed by atoms with E-state index in [9.17, 15) is 4.79 Å². The van der Waals surface area contributed by atoms with E-state index in [0.717, 1.165) is 9.25 Å². The molecule has 0 aromatic carbocycles. The summed E-state index contributed by atoms with van der Waals surface area (Å²) in [6.45, 7) is 9.62. The molecule has 1 aliphatic rings. The molecule has 6 heteroatoms. The number of rotatable bonds is 2. The van der Waals surface area contributed by atoms with Crippen molar-refractivity contribution in [1.29, 1.82) is 0 Å². The van der Waals surface area contributed by atoms with Crippen LogP contribution in [0.5, 0.6) is 0 Å². The van der Waals surface area contributed by atoms with E-state index in [4.69, 9.17) is 9.31 Å². The standard InChI is InChI=1S/C12H16BBrO3S/c1-7(15)10-8(14)6-9(18-10)13-16-11(2,3)12(4,5)17-13/h6H,1-5H3. The molecule has 2 rings (SSSR count). The molecule has 0 amide bonds. The van der Waals surface area contributed by atoms with Crippen molar-refractivity contribution in [2.75, 3.05) is 0 Å². The number of thiophene rings is 1. The molecule has 1 aliphatic heterocycles. The lowest BCUT2D eigenvalue weighted by Gasteiger charge is -2.32. The number of carbonyl (C=O) groups is 1. The minimum absolute atomic E-state index is 0.0506. The van der Waals surface area contributed by atoms with Gasteiger partial charge in [-0.25, -0.2) is 0 Å². The minimum Gasteiger partial charge on any atom is -0.399 e. The summed E-state index contributed by atoms with van der Waals surface area (Å²) in [6, 6.07) is 1.91. The predicted molar refractivity (Wildman–Crippen MR) is 77.7 cm³/mol. The highest BCUT2D eigenvalue weighted by atomic mass is 79.9. The maximum atomic E-state index is 11.4. The Morgan fingerprint density at radius 3 is 2.17 bits per heavy atom. The first-order chi connectivity index (χ1) is 8.14. The number of carbonyl (C=O) groups excluding carboxylic acids is 1. The Kier molecular flexibility index (Phi) is 3.51. The second-order valence-corrected chi connectivity index (χ2v) is 7.41. The third-order valence-corrected chi connectivity index (χ3v) is 5.66. The topological polar surface area (TPSA) is 35.5 Å². The van der Waals surface area contributed by atoms with E-state index in [-0.39, 0.29) is 17.0 Å². The van der Waals surface area contributed by atoms with Crippen LogP contribution in [0.4, 0.5) is 0 Å². The summed E-state index contributed by atoms with van der Waals surface area (Å²) in [7, 11) is -0.399. The van der Waals surface area contributed by atoms with Crippen molar-refractivity contribution < 1.29 is 14.1 Å². The smallest absolute Gasteiger partial charge is 0.399 e. The fourth-order valence-electron chi connectivity index (χ4n) is 1.70. The van der Waals surface area contributed by atoms with Crippen molar-refractivity contribution in [3.8, 4) is 0 Å². The zero-order valence-electron chi connectivity index (χ0n) is 11.2. The summed E-state index contributed by atoms with van der Waals surface area (Å²) in [5.41, 5.74) is -0.713. The lowest BCUT2D eigenvalue weighted by atomic mass is 9.88. The normalized spacial score (nSPS) is 21.3. The van der Waals surface area contributed by atoms with Crippen LogP contribution < -0.4 is 4.78 Å². The van der Waals surface area contributed by atoms with Crippen molar-refractivity contribution in [2.45, 2.75) is 45.8 Å². The average molecular weight is 331 g/mol. The van der Waals surface area contributed by atoms with Crippen LogP contribution in [0.1, 0.15) is 44.3 Å². The monoisotopic (exact) mass is 330 g/mol. The highest BCUT2D eigenvalue weighted by Gasteiger charge is 2.52. The van der Waals surface area contributed by atoms with E-state index in [0.29, 0.717) is 4.88 Å². The minimum atomic E-state index is -0.399. The van der Waals surface area contributed by atoms with Gasteiger partial charge in [0.15, 0.2) is 5.78 Å². The number of hydrogen-bond donors (Lipinski definition) is 0. The van der Waals surface area contributed by atoms with E-state index < -0.39 is 7.12 Å². The van der Waals surface area contributed by atoms with Crippen molar-refractivity contribution in [1.82, 2.24) is 0 Å². The molecule has 0 N–H and O–H groups in total. The summed E-state index contributed by atoms with van der Waals surface area (Å²) in [4.78, 5) is 12.2. The second-order valence-electron chi connectivity index (χ2n) is 5.47. The fraction of sp³-hybridized carbons (Fsp3) is 0.583. The Hall–Kier alpha value is -0.165. The van der Waals surface area contributed by atoms with Gasteiger partial charge in [0.1, 0.15) is 0 Å². The first-order valence-corrected chi connectivity index (χ1v) is 7.41. The molecular formula is C12H16BBrO3S. The molecule has 0 saturated carbocycles. The molecule has 0 unspecified atom stereocenters. The summed E-state index contributed by atoms with van der Waals surface area (Å²) in [5, 5.41) is 0. The van der Waals surface area contributed by atoms with Crippen molar-refractivity contribution in [3.05, 3.63) is 15.4 Å². The summed E-state index contributed by atoms with van der Waals surface area (Å²) in [5.74, 6) is 0.0506. The van der Waals surface area contributed by atoms with Crippen molar-refractivity contribution in [3.63, 3.8) is 0 Å². The predicted octanol–water partition coefficient (Wildman–Crippen LogP) is 3.01. The van der Waals surface area contributed by atoms with E-state index in [2.05, 4.69) is 15.9 Å². The van der Waals surface area contributed by atoms with Gasteiger partial charge < -0.3 is 9.31 Å². The SMILES string of the molecule is CC(=O)c1sc(B2OC(C)(C)C(C)(C)O2)cc1Br. The van der Waals surface area contributed by atoms with Gasteiger partial charge in [-0.1, -0.05) is 0 Å². The molecule has 1 fully saturated rings. The van der Waals surface area contributed by atoms with Gasteiger partial charge in [0.05, 0.1) is 16.1 Å². The molecule has 0 bridgehead atoms. The average Bonchev–Trinajstić information content (AvgIpc) is 2.66. The molecule has 1 aromatic rings. The Morgan fingerprint density at radius 1 is 1.28 bits per heavy atom. The fourth-order valence-corrected chi connectivity index (χ4v) is 3.53. The molecular weight excluding hydrogens is 315 g/mol. The van der Waals surface area contributed by atoms with E-state index in [1.54, 1.807) is 6.92 Å². The maximum absolute atomic E-state index is 11.4. The van der Waals surface area contributed by atoms with Crippen LogP contribution in [0.25, 0.3) is 0 Å². The second kappa shape index (κ2) is 4.44. The van der Waals surface area contributed by atoms with Crippen molar-refractivity contribution >= 4 is 44.9 Å². The first kappa shape index (κ1) is 14.2. The van der Waals surface area contributed by atoms with Gasteiger partial charge in [0.25, 0.3) is 0 Å². The quantitative estimate of drug-likeness (QED) is 0.617. The van der Waals surface area contributed by atoms with E-state index >= 15 is 0 Å². The Morgan fingerprint density at radius 2 is 1.78 bits per heavy atom. The van der Waals surface area contributed by atoms with E-state index in [1.807, 2.05) is 33.8 Å². The third kappa shape index (κ3) is 2.31. The van der Waals surface area contributed by atoms with Crippen LogP contribution in [0.15, 0.2) is 10.5 Å². The van der Waals surface area contributed by atoms with Gasteiger partial charge in [-0.2, -0.15) is 0 Å². The first-order valence-electron chi connectivity index (χ1n) is 5.80. The maximum Gasteiger partial charge on any atom is 0.505 e. The molecule has 0 atom stereocenters. The highest BCUT2D eigenvalue weighted by molar-refractivity contribution is 9.10. The molecule has 3 nitrogen and oxygen atoms in total. The molecule has 0 spiro atoms. The molecule has 1 saturated heterocycles. The lowest BCUT2D eigenvalue weighted by molar-refractivity contribution is 0.00578. The number of halogens is 1.